The van der Waals surface area contributed by atoms with Gasteiger partial charge in [0, 0.05) is 13.1 Å². The Morgan fingerprint density at radius 3 is 2.56 bits per heavy atom. The second-order valence-electron chi connectivity index (χ2n) is 5.04. The molecule has 1 N–H and O–H groups in total. The van der Waals surface area contributed by atoms with Gasteiger partial charge in [-0.3, -0.25) is 4.79 Å². The molecule has 0 bridgehead atoms. The lowest BCUT2D eigenvalue weighted by molar-refractivity contribution is -0.131. The zero-order valence-electron chi connectivity index (χ0n) is 11.1. The van der Waals surface area contributed by atoms with Crippen molar-refractivity contribution in [2.45, 2.75) is 19.3 Å². The van der Waals surface area contributed by atoms with Crippen LogP contribution in [0.4, 0.5) is 0 Å². The van der Waals surface area contributed by atoms with Crippen LogP contribution in [0.1, 0.15) is 18.4 Å². The van der Waals surface area contributed by atoms with Gasteiger partial charge in [0.15, 0.2) is 0 Å². The number of nitrogens with one attached hydrogen (secondary N) is 1. The van der Waals surface area contributed by atoms with Gasteiger partial charge in [0.2, 0.25) is 5.91 Å². The second kappa shape index (κ2) is 6.55. The van der Waals surface area contributed by atoms with Crippen molar-refractivity contribution in [2.75, 3.05) is 26.7 Å². The second-order valence-corrected chi connectivity index (χ2v) is 5.04. The minimum Gasteiger partial charge on any atom is -0.342 e. The van der Waals surface area contributed by atoms with E-state index in [9.17, 15) is 4.79 Å². The summed E-state index contributed by atoms with van der Waals surface area (Å²) in [5, 5.41) is 3.22. The maximum atomic E-state index is 12.1. The van der Waals surface area contributed by atoms with Crippen LogP contribution >= 0.6 is 0 Å². The molecule has 3 heteroatoms. The van der Waals surface area contributed by atoms with Crippen molar-refractivity contribution in [1.29, 1.82) is 0 Å². The van der Waals surface area contributed by atoms with E-state index in [1.165, 1.54) is 0 Å². The number of nitrogens with zero attached hydrogens (tertiary/aromatic N) is 1. The summed E-state index contributed by atoms with van der Waals surface area (Å²) in [6.45, 7) is 2.90. The summed E-state index contributed by atoms with van der Waals surface area (Å²) in [4.78, 5) is 14.2. The van der Waals surface area contributed by atoms with Crippen molar-refractivity contribution in [2.24, 2.45) is 5.92 Å². The van der Waals surface area contributed by atoms with Crippen LogP contribution in [0.2, 0.25) is 0 Å². The summed E-state index contributed by atoms with van der Waals surface area (Å²) in [5.74, 6) is 1.000. The van der Waals surface area contributed by atoms with Gasteiger partial charge in [0.1, 0.15) is 0 Å². The maximum absolute atomic E-state index is 12.1. The first-order valence-corrected chi connectivity index (χ1v) is 6.76. The van der Waals surface area contributed by atoms with E-state index in [0.29, 0.717) is 6.42 Å². The van der Waals surface area contributed by atoms with E-state index >= 15 is 0 Å². The zero-order valence-corrected chi connectivity index (χ0v) is 11.1. The van der Waals surface area contributed by atoms with Crippen LogP contribution in [-0.4, -0.2) is 37.5 Å². The number of rotatable bonds is 4. The molecule has 1 aromatic carbocycles. The van der Waals surface area contributed by atoms with Crippen molar-refractivity contribution < 1.29 is 4.79 Å². The molecule has 2 rings (SSSR count). The minimum atomic E-state index is 0.268. The van der Waals surface area contributed by atoms with E-state index in [-0.39, 0.29) is 5.91 Å². The third-order valence-electron chi connectivity index (χ3n) is 3.66. The highest BCUT2D eigenvalue weighted by Crippen LogP contribution is 2.17. The molecule has 0 aliphatic carbocycles. The Labute approximate surface area is 109 Å². The topological polar surface area (TPSA) is 32.3 Å². The number of hydrogen-bond acceptors (Lipinski definition) is 2. The molecule has 1 saturated heterocycles. The number of carbonyl (C=O) groups is 1. The predicted molar refractivity (Wildman–Crippen MR) is 73.4 cm³/mol. The van der Waals surface area contributed by atoms with Crippen molar-refractivity contribution >= 4 is 5.91 Å². The lowest BCUT2D eigenvalue weighted by Crippen LogP contribution is -2.41. The van der Waals surface area contributed by atoms with E-state index < -0.39 is 0 Å². The zero-order chi connectivity index (χ0) is 12.8. The molecule has 0 radical (unpaired) electrons. The SMILES string of the molecule is CNCC1CCN(C(=O)Cc2ccccc2)CC1. The predicted octanol–water partition coefficient (Wildman–Crippen LogP) is 1.69. The normalized spacial score (nSPS) is 16.8. The van der Waals surface area contributed by atoms with Gasteiger partial charge >= 0.3 is 0 Å². The quantitative estimate of drug-likeness (QED) is 0.877. The number of amides is 1. The van der Waals surface area contributed by atoms with Gasteiger partial charge in [-0.1, -0.05) is 30.3 Å². The molecule has 1 aliphatic heterocycles. The lowest BCUT2D eigenvalue weighted by Gasteiger charge is -2.32. The van der Waals surface area contributed by atoms with Crippen LogP contribution in [0.15, 0.2) is 30.3 Å². The molecule has 18 heavy (non-hydrogen) atoms. The monoisotopic (exact) mass is 246 g/mol. The minimum absolute atomic E-state index is 0.268. The molecule has 0 saturated carbocycles. The van der Waals surface area contributed by atoms with Crippen LogP contribution in [0.3, 0.4) is 0 Å². The summed E-state index contributed by atoms with van der Waals surface area (Å²) in [7, 11) is 1.99. The Morgan fingerprint density at radius 2 is 1.94 bits per heavy atom. The Bertz CT molecular complexity index is 369. The molecule has 1 aromatic rings. The van der Waals surface area contributed by atoms with E-state index in [4.69, 9.17) is 0 Å². The van der Waals surface area contributed by atoms with Crippen molar-refractivity contribution in [3.63, 3.8) is 0 Å². The molecule has 0 unspecified atom stereocenters. The molecule has 0 spiro atoms. The summed E-state index contributed by atoms with van der Waals surface area (Å²) >= 11 is 0. The van der Waals surface area contributed by atoms with Gasteiger partial charge < -0.3 is 10.2 Å². The third-order valence-corrected chi connectivity index (χ3v) is 3.66. The molecule has 3 nitrogen and oxygen atoms in total. The van der Waals surface area contributed by atoms with E-state index in [1.54, 1.807) is 0 Å². The number of benzene rings is 1. The smallest absolute Gasteiger partial charge is 0.226 e. The van der Waals surface area contributed by atoms with E-state index in [2.05, 4.69) is 5.32 Å². The molecule has 1 fully saturated rings. The Hall–Kier alpha value is -1.35. The Morgan fingerprint density at radius 1 is 1.28 bits per heavy atom. The molecular weight excluding hydrogens is 224 g/mol. The number of carbonyl (C=O) groups excluding carboxylic acids is 1. The Kier molecular flexibility index (Phi) is 4.76. The molecule has 98 valence electrons. The summed E-state index contributed by atoms with van der Waals surface area (Å²) in [6, 6.07) is 10.00. The molecule has 1 aliphatic rings. The van der Waals surface area contributed by atoms with Crippen LogP contribution in [0.25, 0.3) is 0 Å². The van der Waals surface area contributed by atoms with Crippen LogP contribution in [-0.2, 0) is 11.2 Å². The van der Waals surface area contributed by atoms with Gasteiger partial charge in [-0.25, -0.2) is 0 Å². The van der Waals surface area contributed by atoms with Crippen molar-refractivity contribution in [1.82, 2.24) is 10.2 Å². The molecule has 1 amide bonds. The van der Waals surface area contributed by atoms with Gasteiger partial charge in [0.05, 0.1) is 6.42 Å². The first-order valence-electron chi connectivity index (χ1n) is 6.76. The highest BCUT2D eigenvalue weighted by atomic mass is 16.2. The average molecular weight is 246 g/mol. The summed E-state index contributed by atoms with van der Waals surface area (Å²) < 4.78 is 0. The van der Waals surface area contributed by atoms with E-state index in [0.717, 1.165) is 44.0 Å². The highest BCUT2D eigenvalue weighted by Gasteiger charge is 2.22. The Balaban J connectivity index is 1.81. The van der Waals surface area contributed by atoms with Crippen molar-refractivity contribution in [3.05, 3.63) is 35.9 Å². The molecule has 0 atom stereocenters. The van der Waals surface area contributed by atoms with Crippen LogP contribution < -0.4 is 5.32 Å². The first kappa shape index (κ1) is 13.1. The fourth-order valence-corrected chi connectivity index (χ4v) is 2.56. The van der Waals surface area contributed by atoms with Gasteiger partial charge in [-0.15, -0.1) is 0 Å². The fraction of sp³-hybridized carbons (Fsp3) is 0.533. The standard InChI is InChI=1S/C15H22N2O/c1-16-12-14-7-9-17(10-8-14)15(18)11-13-5-3-2-4-6-13/h2-6,14,16H,7-12H2,1H3. The summed E-state index contributed by atoms with van der Waals surface area (Å²) in [6.07, 6.45) is 2.79. The van der Waals surface area contributed by atoms with Crippen molar-refractivity contribution in [3.8, 4) is 0 Å². The lowest BCUT2D eigenvalue weighted by atomic mass is 9.96. The molecule has 0 aromatic heterocycles. The average Bonchev–Trinajstić information content (AvgIpc) is 2.41. The van der Waals surface area contributed by atoms with E-state index in [1.807, 2.05) is 42.3 Å². The van der Waals surface area contributed by atoms with Crippen LogP contribution in [0, 0.1) is 5.92 Å². The first-order chi connectivity index (χ1) is 8.79. The van der Waals surface area contributed by atoms with Crippen LogP contribution in [0.5, 0.6) is 0 Å². The number of hydrogen-bond donors (Lipinski definition) is 1. The molecule has 1 heterocycles. The van der Waals surface area contributed by atoms with Gasteiger partial charge in [-0.2, -0.15) is 0 Å². The number of piperidine rings is 1. The third kappa shape index (κ3) is 3.57. The highest BCUT2D eigenvalue weighted by molar-refractivity contribution is 5.78. The van der Waals surface area contributed by atoms with Gasteiger partial charge in [0.25, 0.3) is 0 Å². The fourth-order valence-electron chi connectivity index (χ4n) is 2.56. The molecular formula is C15H22N2O. The maximum Gasteiger partial charge on any atom is 0.226 e. The number of likely N-dealkylation sites (tertiary alicyclic amines) is 1. The van der Waals surface area contributed by atoms with Gasteiger partial charge in [-0.05, 0) is 37.9 Å². The largest absolute Gasteiger partial charge is 0.342 e. The summed E-state index contributed by atoms with van der Waals surface area (Å²) in [5.41, 5.74) is 1.11.